The Hall–Kier alpha value is -2.37. The molecule has 1 aromatic carbocycles. The van der Waals surface area contributed by atoms with E-state index in [0.717, 1.165) is 5.56 Å². The number of carbonyl (C=O) groups is 1. The number of nitrogens with one attached hydrogen (secondary N) is 1. The summed E-state index contributed by atoms with van der Waals surface area (Å²) in [6, 6.07) is 5.99. The van der Waals surface area contributed by atoms with Crippen LogP contribution in [0.5, 0.6) is 0 Å². The highest BCUT2D eigenvalue weighted by Crippen LogP contribution is 2.18. The Morgan fingerprint density at radius 2 is 2.11 bits per heavy atom. The van der Waals surface area contributed by atoms with E-state index in [1.54, 1.807) is 32.2 Å². The second-order valence-electron chi connectivity index (χ2n) is 3.88. The summed E-state index contributed by atoms with van der Waals surface area (Å²) < 4.78 is 19.1. The van der Waals surface area contributed by atoms with Crippen molar-refractivity contribution in [2.75, 3.05) is 12.0 Å². The number of halogens is 1. The molecule has 0 bridgehead atoms. The van der Waals surface area contributed by atoms with Gasteiger partial charge in [0.05, 0.1) is 18.5 Å². The van der Waals surface area contributed by atoms with Crippen LogP contribution in [-0.4, -0.2) is 22.4 Å². The average Bonchev–Trinajstić information content (AvgIpc) is 2.72. The van der Waals surface area contributed by atoms with Gasteiger partial charge in [0.15, 0.2) is 0 Å². The molecule has 5 nitrogen and oxygen atoms in total. The van der Waals surface area contributed by atoms with Crippen LogP contribution in [0, 0.1) is 12.7 Å². The topological polar surface area (TPSA) is 56.1 Å². The van der Waals surface area contributed by atoms with Crippen molar-refractivity contribution in [3.63, 3.8) is 0 Å². The van der Waals surface area contributed by atoms with E-state index < -0.39 is 6.09 Å². The minimum absolute atomic E-state index is 0.296. The molecule has 1 N–H and O–H groups in total. The molecule has 2 rings (SSSR count). The van der Waals surface area contributed by atoms with E-state index in [-0.39, 0.29) is 5.82 Å². The Morgan fingerprint density at radius 1 is 1.42 bits per heavy atom. The van der Waals surface area contributed by atoms with Gasteiger partial charge >= 0.3 is 6.09 Å². The third kappa shape index (κ3) is 3.09. The predicted octanol–water partition coefficient (Wildman–Crippen LogP) is 2.70. The standard InChI is InChI=1S/C13H14FN3O2/c1-3-19-13(18)16-17-8-12(15-9(17)2)10-4-6-11(14)7-5-10/h4-8H,3H2,1-2H3,(H,16,18). The largest absolute Gasteiger partial charge is 0.449 e. The number of ether oxygens (including phenoxy) is 1. The monoisotopic (exact) mass is 263 g/mol. The van der Waals surface area contributed by atoms with Gasteiger partial charge in [0, 0.05) is 5.56 Å². The molecule has 0 atom stereocenters. The lowest BCUT2D eigenvalue weighted by molar-refractivity contribution is 0.164. The first kappa shape index (κ1) is 13.1. The van der Waals surface area contributed by atoms with Crippen molar-refractivity contribution in [1.29, 1.82) is 0 Å². The summed E-state index contributed by atoms with van der Waals surface area (Å²) in [5.74, 6) is 0.303. The number of hydrogen-bond acceptors (Lipinski definition) is 3. The highest BCUT2D eigenvalue weighted by Gasteiger charge is 2.09. The van der Waals surface area contributed by atoms with Crippen LogP contribution in [0.25, 0.3) is 11.3 Å². The maximum Gasteiger partial charge on any atom is 0.426 e. The maximum absolute atomic E-state index is 12.8. The van der Waals surface area contributed by atoms with Crippen LogP contribution in [0.2, 0.25) is 0 Å². The van der Waals surface area contributed by atoms with E-state index in [1.165, 1.54) is 16.8 Å². The minimum Gasteiger partial charge on any atom is -0.449 e. The number of nitrogens with zero attached hydrogens (tertiary/aromatic N) is 2. The van der Waals surface area contributed by atoms with Crippen molar-refractivity contribution in [2.45, 2.75) is 13.8 Å². The van der Waals surface area contributed by atoms with Gasteiger partial charge in [-0.2, -0.15) is 0 Å². The molecule has 1 aromatic heterocycles. The molecule has 0 saturated heterocycles. The molecule has 0 aliphatic carbocycles. The smallest absolute Gasteiger partial charge is 0.426 e. The maximum atomic E-state index is 12.8. The quantitative estimate of drug-likeness (QED) is 0.926. The normalized spacial score (nSPS) is 10.3. The first-order valence-electron chi connectivity index (χ1n) is 5.86. The summed E-state index contributed by atoms with van der Waals surface area (Å²) in [5, 5.41) is 0. The number of aromatic nitrogens is 2. The zero-order valence-electron chi connectivity index (χ0n) is 10.7. The Morgan fingerprint density at radius 3 is 2.74 bits per heavy atom. The van der Waals surface area contributed by atoms with Gasteiger partial charge in [0.2, 0.25) is 0 Å². The van der Waals surface area contributed by atoms with Crippen LogP contribution in [0.4, 0.5) is 9.18 Å². The average molecular weight is 263 g/mol. The zero-order chi connectivity index (χ0) is 13.8. The van der Waals surface area contributed by atoms with Crippen molar-refractivity contribution in [2.24, 2.45) is 0 Å². The second-order valence-corrected chi connectivity index (χ2v) is 3.88. The SMILES string of the molecule is CCOC(=O)Nn1cc(-c2ccc(F)cc2)nc1C. The molecule has 2 aromatic rings. The number of rotatable bonds is 3. The van der Waals surface area contributed by atoms with E-state index in [2.05, 4.69) is 10.4 Å². The van der Waals surface area contributed by atoms with Gasteiger partial charge < -0.3 is 4.74 Å². The number of benzene rings is 1. The number of carbonyl (C=O) groups excluding carboxylic acids is 1. The first-order valence-corrected chi connectivity index (χ1v) is 5.86. The molecule has 1 heterocycles. The lowest BCUT2D eigenvalue weighted by Gasteiger charge is -2.06. The lowest BCUT2D eigenvalue weighted by atomic mass is 10.2. The fourth-order valence-electron chi connectivity index (χ4n) is 1.61. The van der Waals surface area contributed by atoms with Gasteiger partial charge in [-0.15, -0.1) is 0 Å². The summed E-state index contributed by atoms with van der Waals surface area (Å²) in [7, 11) is 0. The van der Waals surface area contributed by atoms with Gasteiger partial charge in [-0.25, -0.2) is 24.3 Å². The van der Waals surface area contributed by atoms with Crippen LogP contribution in [0.15, 0.2) is 30.5 Å². The van der Waals surface area contributed by atoms with E-state index in [0.29, 0.717) is 18.1 Å². The van der Waals surface area contributed by atoms with Crippen molar-refractivity contribution in [3.05, 3.63) is 42.1 Å². The molecular weight excluding hydrogens is 249 g/mol. The summed E-state index contributed by atoms with van der Waals surface area (Å²) in [5.41, 5.74) is 3.95. The predicted molar refractivity (Wildman–Crippen MR) is 68.7 cm³/mol. The second kappa shape index (κ2) is 5.51. The molecule has 100 valence electrons. The Balaban J connectivity index is 2.21. The van der Waals surface area contributed by atoms with Crippen LogP contribution < -0.4 is 5.43 Å². The van der Waals surface area contributed by atoms with E-state index in [9.17, 15) is 9.18 Å². The molecule has 0 aliphatic heterocycles. The Bertz CT molecular complexity index is 578. The molecular formula is C13H14FN3O2. The van der Waals surface area contributed by atoms with E-state index in [1.807, 2.05) is 0 Å². The van der Waals surface area contributed by atoms with Gasteiger partial charge in [0.25, 0.3) is 0 Å². The third-order valence-electron chi connectivity index (χ3n) is 2.51. The van der Waals surface area contributed by atoms with Crippen molar-refractivity contribution in [3.8, 4) is 11.3 Å². The minimum atomic E-state index is -0.548. The third-order valence-corrected chi connectivity index (χ3v) is 2.51. The number of hydrogen-bond donors (Lipinski definition) is 1. The van der Waals surface area contributed by atoms with Crippen molar-refractivity contribution in [1.82, 2.24) is 9.66 Å². The van der Waals surface area contributed by atoms with Crippen LogP contribution >= 0.6 is 0 Å². The lowest BCUT2D eigenvalue weighted by Crippen LogP contribution is -2.23. The Labute approximate surface area is 110 Å². The Kier molecular flexibility index (Phi) is 3.79. The van der Waals surface area contributed by atoms with E-state index in [4.69, 9.17) is 4.74 Å². The highest BCUT2D eigenvalue weighted by atomic mass is 19.1. The molecule has 0 spiro atoms. The van der Waals surface area contributed by atoms with Gasteiger partial charge in [-0.1, -0.05) is 0 Å². The highest BCUT2D eigenvalue weighted by molar-refractivity contribution is 5.76. The molecule has 0 unspecified atom stereocenters. The fraction of sp³-hybridized carbons (Fsp3) is 0.231. The molecule has 0 aliphatic rings. The number of amides is 1. The zero-order valence-corrected chi connectivity index (χ0v) is 10.7. The number of aryl methyl sites for hydroxylation is 1. The molecule has 0 saturated carbocycles. The van der Waals surface area contributed by atoms with Crippen molar-refractivity contribution >= 4 is 6.09 Å². The molecule has 0 radical (unpaired) electrons. The summed E-state index contributed by atoms with van der Waals surface area (Å²) in [4.78, 5) is 15.6. The van der Waals surface area contributed by atoms with Crippen LogP contribution in [-0.2, 0) is 4.74 Å². The summed E-state index contributed by atoms with van der Waals surface area (Å²) in [6.45, 7) is 3.77. The first-order chi connectivity index (χ1) is 9.10. The van der Waals surface area contributed by atoms with Crippen LogP contribution in [0.3, 0.4) is 0 Å². The van der Waals surface area contributed by atoms with Gasteiger partial charge in [-0.05, 0) is 38.1 Å². The molecule has 19 heavy (non-hydrogen) atoms. The summed E-state index contributed by atoms with van der Waals surface area (Å²) in [6.07, 6.45) is 1.10. The van der Waals surface area contributed by atoms with Gasteiger partial charge in [0.1, 0.15) is 11.6 Å². The van der Waals surface area contributed by atoms with Crippen molar-refractivity contribution < 1.29 is 13.9 Å². The molecule has 1 amide bonds. The molecule has 6 heteroatoms. The molecule has 0 fully saturated rings. The van der Waals surface area contributed by atoms with Crippen LogP contribution in [0.1, 0.15) is 12.7 Å². The van der Waals surface area contributed by atoms with E-state index >= 15 is 0 Å². The fourth-order valence-corrected chi connectivity index (χ4v) is 1.61. The number of imidazole rings is 1. The van der Waals surface area contributed by atoms with Gasteiger partial charge in [-0.3, -0.25) is 0 Å². The summed E-state index contributed by atoms with van der Waals surface area (Å²) >= 11 is 0.